The normalized spacial score (nSPS) is 28.9. The van der Waals surface area contributed by atoms with E-state index in [-0.39, 0.29) is 30.0 Å². The van der Waals surface area contributed by atoms with Gasteiger partial charge in [-0.15, -0.1) is 0 Å². The molecule has 57 heavy (non-hydrogen) atoms. The number of aromatic hydroxyl groups is 1. The van der Waals surface area contributed by atoms with E-state index in [4.69, 9.17) is 14.2 Å². The van der Waals surface area contributed by atoms with Gasteiger partial charge in [-0.1, -0.05) is 101 Å². The predicted octanol–water partition coefficient (Wildman–Crippen LogP) is 4.11. The molecule has 1 aromatic heterocycles. The number of rotatable bonds is 17. The maximum atomic E-state index is 13.3. The number of carbonyl (C=O) groups excluding carboxylic acids is 2. The number of hydrogen-bond donors (Lipinski definition) is 6. The molecule has 0 spiro atoms. The summed E-state index contributed by atoms with van der Waals surface area (Å²) >= 11 is 0. The molecule has 314 valence electrons. The zero-order valence-corrected chi connectivity index (χ0v) is 34.5. The molecule has 6 N–H and O–H groups in total. The molecule has 10 atom stereocenters. The Labute approximate surface area is 336 Å². The maximum absolute atomic E-state index is 13.3. The van der Waals surface area contributed by atoms with Gasteiger partial charge >= 0.3 is 0 Å². The van der Waals surface area contributed by atoms with Gasteiger partial charge in [-0.25, -0.2) is 0 Å². The third-order valence-electron chi connectivity index (χ3n) is 10.9. The van der Waals surface area contributed by atoms with Gasteiger partial charge in [-0.05, 0) is 44.4 Å². The first-order valence-corrected chi connectivity index (χ1v) is 19.3. The molecule has 13 heteroatoms. The number of pyridine rings is 1. The van der Waals surface area contributed by atoms with E-state index in [2.05, 4.69) is 5.32 Å². The predicted molar refractivity (Wildman–Crippen MR) is 218 cm³/mol. The highest BCUT2D eigenvalue weighted by molar-refractivity contribution is 6.09. The van der Waals surface area contributed by atoms with E-state index in [0.29, 0.717) is 6.42 Å². The third kappa shape index (κ3) is 11.5. The molecule has 3 heterocycles. The van der Waals surface area contributed by atoms with Crippen molar-refractivity contribution in [2.75, 3.05) is 13.7 Å². The Hall–Kier alpha value is -4.21. The number of ether oxygens (including phenoxy) is 3. The largest absolute Gasteiger partial charge is 0.507 e. The molecule has 0 aliphatic carbocycles. The molecule has 1 aromatic rings. The van der Waals surface area contributed by atoms with Crippen molar-refractivity contribution in [2.45, 2.75) is 110 Å². The lowest BCUT2D eigenvalue weighted by Crippen LogP contribution is -2.60. The maximum Gasteiger partial charge on any atom is 0.265 e. The van der Waals surface area contributed by atoms with E-state index in [0.717, 1.165) is 5.57 Å². The molecule has 2 aliphatic heterocycles. The molecule has 2 saturated heterocycles. The minimum atomic E-state index is -1.86. The Balaban J connectivity index is 1.59. The lowest BCUT2D eigenvalue weighted by atomic mass is 9.72. The van der Waals surface area contributed by atoms with E-state index >= 15 is 0 Å². The Morgan fingerprint density at radius 3 is 2.39 bits per heavy atom. The van der Waals surface area contributed by atoms with E-state index in [9.17, 15) is 39.9 Å². The Kier molecular flexibility index (Phi) is 17.4. The van der Waals surface area contributed by atoms with Crippen molar-refractivity contribution in [1.29, 1.82) is 0 Å². The van der Waals surface area contributed by atoms with Crippen LogP contribution >= 0.6 is 0 Å². The van der Waals surface area contributed by atoms with Crippen molar-refractivity contribution in [2.24, 2.45) is 24.3 Å². The fraction of sp³-hybridized carbons (Fsp3) is 0.523. The SMILES string of the molecule is CC=CC=C[C@@H]1O[C@@](O)([C@H](CC)C(=O)NCC=CC=C(C)[C@H](OC)[C@@H](C)[C@@H]2O[C@H](C=CC=CC=C(C)C(=O)c3c(O)ccn(C)c3=O)[C@@H](O)[C@@H]2O)C[C@H](O)C1(C)C. The highest BCUT2D eigenvalue weighted by Crippen LogP contribution is 2.44. The van der Waals surface area contributed by atoms with Crippen LogP contribution in [0.1, 0.15) is 71.7 Å². The number of nitrogens with one attached hydrogen (secondary N) is 1. The molecule has 1 amide bonds. The number of carbonyl (C=O) groups is 2. The van der Waals surface area contributed by atoms with Gasteiger partial charge in [0.15, 0.2) is 11.6 Å². The van der Waals surface area contributed by atoms with Crippen LogP contribution in [0.2, 0.25) is 0 Å². The van der Waals surface area contributed by atoms with Crippen LogP contribution in [0.15, 0.2) is 101 Å². The number of amides is 1. The molecule has 3 rings (SSSR count). The number of aromatic nitrogens is 1. The van der Waals surface area contributed by atoms with Gasteiger partial charge in [-0.2, -0.15) is 0 Å². The van der Waals surface area contributed by atoms with Gasteiger partial charge in [0.05, 0.1) is 30.3 Å². The van der Waals surface area contributed by atoms with Crippen LogP contribution in [0.3, 0.4) is 0 Å². The molecule has 2 fully saturated rings. The highest BCUT2D eigenvalue weighted by Gasteiger charge is 2.54. The summed E-state index contributed by atoms with van der Waals surface area (Å²) in [7, 11) is 3.03. The van der Waals surface area contributed by atoms with Gasteiger partial charge in [-0.3, -0.25) is 14.4 Å². The number of methoxy groups -OCH3 is 1. The first-order chi connectivity index (χ1) is 26.9. The minimum absolute atomic E-state index is 0.104. The zero-order chi connectivity index (χ0) is 42.7. The Morgan fingerprint density at radius 1 is 1.05 bits per heavy atom. The monoisotopic (exact) mass is 794 g/mol. The van der Waals surface area contributed by atoms with Crippen LogP contribution in [-0.4, -0.2) is 104 Å². The van der Waals surface area contributed by atoms with Crippen molar-refractivity contribution in [1.82, 2.24) is 9.88 Å². The van der Waals surface area contributed by atoms with Gasteiger partial charge in [0.25, 0.3) is 5.56 Å². The standard InChI is InChI=1S/C44H62N2O11/c1-10-12-14-22-34-43(6,7)33(48)26-44(54,57-34)30(11-2)41(52)45-24-18-17-20-28(4)39(55-9)29(5)40-38(51)37(50)32(56-40)21-16-13-15-19-27(3)36(49)35-31(47)23-25-46(8)42(35)53/h10,12-23,25,29-30,32-34,37-40,47-48,50-51,54H,11,24,26H2,1-9H3,(H,45,52)/t29-,30-,32-,33+,34+,37-,38+,39+,40+,44-/m1/s1. The number of allylic oxidation sites excluding steroid dienone is 10. The van der Waals surface area contributed by atoms with Gasteiger partial charge < -0.3 is 49.6 Å². The first-order valence-electron chi connectivity index (χ1n) is 19.3. The average Bonchev–Trinajstić information content (AvgIpc) is 3.44. The summed E-state index contributed by atoms with van der Waals surface area (Å²) in [6.07, 6.45) is 16.0. The van der Waals surface area contributed by atoms with Crippen LogP contribution in [0.4, 0.5) is 0 Å². The summed E-state index contributed by atoms with van der Waals surface area (Å²) in [5.41, 5.74) is -0.547. The van der Waals surface area contributed by atoms with Gasteiger partial charge in [0.1, 0.15) is 29.6 Å². The quantitative estimate of drug-likeness (QED) is 0.0755. The minimum Gasteiger partial charge on any atom is -0.507 e. The molecule has 0 radical (unpaired) electrons. The molecule has 2 aliphatic rings. The second-order valence-corrected chi connectivity index (χ2v) is 15.4. The summed E-state index contributed by atoms with van der Waals surface area (Å²) in [5, 5.41) is 57.0. The third-order valence-corrected chi connectivity index (χ3v) is 10.9. The van der Waals surface area contributed by atoms with Crippen LogP contribution in [0, 0.1) is 17.3 Å². The van der Waals surface area contributed by atoms with Crippen molar-refractivity contribution in [3.05, 3.63) is 112 Å². The molecule has 0 unspecified atom stereocenters. The smallest absolute Gasteiger partial charge is 0.265 e. The lowest BCUT2D eigenvalue weighted by Gasteiger charge is -2.50. The molecule has 0 bridgehead atoms. The van der Waals surface area contributed by atoms with Crippen molar-refractivity contribution >= 4 is 11.7 Å². The summed E-state index contributed by atoms with van der Waals surface area (Å²) in [6.45, 7) is 12.8. The van der Waals surface area contributed by atoms with Crippen LogP contribution in [0.25, 0.3) is 0 Å². The lowest BCUT2D eigenvalue weighted by molar-refractivity contribution is -0.314. The summed E-state index contributed by atoms with van der Waals surface area (Å²) in [4.78, 5) is 38.4. The Morgan fingerprint density at radius 2 is 1.74 bits per heavy atom. The molecule has 13 nitrogen and oxygen atoms in total. The fourth-order valence-corrected chi connectivity index (χ4v) is 7.17. The molecule has 0 aromatic carbocycles. The fourth-order valence-electron chi connectivity index (χ4n) is 7.17. The molecule has 0 saturated carbocycles. The van der Waals surface area contributed by atoms with E-state index < -0.39 is 82.8 Å². The van der Waals surface area contributed by atoms with Gasteiger partial charge in [0.2, 0.25) is 5.91 Å². The number of hydrogen-bond acceptors (Lipinski definition) is 11. The summed E-state index contributed by atoms with van der Waals surface area (Å²) in [6, 6.07) is 1.28. The number of nitrogens with zero attached hydrogens (tertiary/aromatic N) is 1. The zero-order valence-electron chi connectivity index (χ0n) is 34.5. The van der Waals surface area contributed by atoms with Gasteiger partial charge in [0, 0.05) is 44.7 Å². The first kappa shape index (κ1) is 47.2. The van der Waals surface area contributed by atoms with E-state index in [1.807, 2.05) is 52.8 Å². The molecular weight excluding hydrogens is 732 g/mol. The number of Topliss-reactive ketones (excluding diaryl/α,β-unsaturated/α-hetero) is 1. The number of aliphatic hydroxyl groups excluding tert-OH is 3. The second kappa shape index (κ2) is 21.0. The van der Waals surface area contributed by atoms with Crippen molar-refractivity contribution < 1.29 is 49.3 Å². The van der Waals surface area contributed by atoms with Crippen LogP contribution in [0.5, 0.6) is 5.75 Å². The number of aryl methyl sites for hydroxylation is 1. The van der Waals surface area contributed by atoms with E-state index in [1.165, 1.54) is 36.9 Å². The van der Waals surface area contributed by atoms with Crippen LogP contribution in [-0.2, 0) is 26.1 Å². The number of ketones is 1. The number of aliphatic hydroxyl groups is 4. The summed E-state index contributed by atoms with van der Waals surface area (Å²) in [5.74, 6) is -4.55. The average molecular weight is 795 g/mol. The van der Waals surface area contributed by atoms with Crippen LogP contribution < -0.4 is 10.9 Å². The topological polar surface area (TPSA) is 197 Å². The van der Waals surface area contributed by atoms with Crippen molar-refractivity contribution in [3.8, 4) is 5.75 Å². The van der Waals surface area contributed by atoms with E-state index in [1.54, 1.807) is 62.6 Å². The Bertz CT molecular complexity index is 1820. The second-order valence-electron chi connectivity index (χ2n) is 15.4. The molecular formula is C44H62N2O11. The summed E-state index contributed by atoms with van der Waals surface area (Å²) < 4.78 is 19.2. The highest BCUT2D eigenvalue weighted by atomic mass is 16.6. The van der Waals surface area contributed by atoms with Crippen molar-refractivity contribution in [3.63, 3.8) is 0 Å².